The van der Waals surface area contributed by atoms with Crippen LogP contribution in [0.1, 0.15) is 0 Å². The summed E-state index contributed by atoms with van der Waals surface area (Å²) in [6, 6.07) is 5.83. The number of pyridine rings is 1. The summed E-state index contributed by atoms with van der Waals surface area (Å²) in [4.78, 5) is 1.91. The molecule has 0 aliphatic heterocycles. The van der Waals surface area contributed by atoms with Crippen molar-refractivity contribution in [2.75, 3.05) is 24.7 Å². The van der Waals surface area contributed by atoms with E-state index in [1.54, 1.807) is 4.52 Å². The number of nitrogen functional groups attached to an aromatic ring is 1. The summed E-state index contributed by atoms with van der Waals surface area (Å²) in [5.41, 5.74) is 7.59. The fourth-order valence-corrected chi connectivity index (χ4v) is 1.34. The normalized spacial score (nSPS) is 10.6. The summed E-state index contributed by atoms with van der Waals surface area (Å²) in [7, 11) is 3.86. The molecule has 2 heterocycles. The van der Waals surface area contributed by atoms with E-state index in [0.29, 0.717) is 0 Å². The van der Waals surface area contributed by atoms with E-state index >= 15 is 0 Å². The molecule has 0 fully saturated rings. The van der Waals surface area contributed by atoms with Gasteiger partial charge in [-0.2, -0.15) is 0 Å². The number of aromatic nitrogens is 2. The summed E-state index contributed by atoms with van der Waals surface area (Å²) < 4.78 is 1.78. The van der Waals surface area contributed by atoms with Gasteiger partial charge < -0.3 is 10.6 Å². The summed E-state index contributed by atoms with van der Waals surface area (Å²) in [6.07, 6.45) is 1.89. The van der Waals surface area contributed by atoms with E-state index in [1.165, 1.54) is 0 Å². The maximum Gasteiger partial charge on any atom is 0.174 e. The highest BCUT2D eigenvalue weighted by Crippen LogP contribution is 2.24. The molecule has 0 bridgehead atoms. The zero-order valence-electron chi connectivity index (χ0n) is 7.73. The number of nitrogens with zero attached hydrogens (tertiary/aromatic N) is 3. The van der Waals surface area contributed by atoms with Gasteiger partial charge in [0.15, 0.2) is 5.82 Å². The monoisotopic (exact) mass is 176 g/mol. The molecule has 0 saturated carbocycles. The molecule has 0 aliphatic carbocycles. The van der Waals surface area contributed by atoms with Gasteiger partial charge in [-0.05, 0) is 12.1 Å². The van der Waals surface area contributed by atoms with E-state index in [0.717, 1.165) is 17.0 Å². The predicted octanol–water partition coefficient (Wildman–Crippen LogP) is 0.982. The first-order chi connectivity index (χ1) is 6.20. The molecule has 68 valence electrons. The van der Waals surface area contributed by atoms with Crippen molar-refractivity contribution >= 4 is 17.0 Å². The van der Waals surface area contributed by atoms with Gasteiger partial charge in [-0.1, -0.05) is 6.07 Å². The number of nitrogens with two attached hydrogens (primary N) is 1. The summed E-state index contributed by atoms with van der Waals surface area (Å²) in [5.74, 6) is 0.811. The van der Waals surface area contributed by atoms with E-state index in [2.05, 4.69) is 5.10 Å². The number of hydrogen-bond acceptors (Lipinski definition) is 3. The Labute approximate surface area is 76.6 Å². The quantitative estimate of drug-likeness (QED) is 0.704. The minimum Gasteiger partial charge on any atom is -0.394 e. The van der Waals surface area contributed by atoms with Gasteiger partial charge in [0.2, 0.25) is 0 Å². The number of fused-ring (bicyclic) bond motifs is 1. The topological polar surface area (TPSA) is 46.6 Å². The van der Waals surface area contributed by atoms with Crippen molar-refractivity contribution in [3.05, 3.63) is 24.4 Å². The standard InChI is InChI=1S/C9H12N4/c1-12(2)9-8(10)7-5-3-4-6-13(7)11-9/h3-6H,10H2,1-2H3. The van der Waals surface area contributed by atoms with Crippen LogP contribution in [-0.4, -0.2) is 23.7 Å². The Morgan fingerprint density at radius 2 is 2.15 bits per heavy atom. The Hall–Kier alpha value is -1.71. The average molecular weight is 176 g/mol. The van der Waals surface area contributed by atoms with Crippen molar-refractivity contribution < 1.29 is 0 Å². The molecule has 0 spiro atoms. The Balaban J connectivity index is 2.74. The van der Waals surface area contributed by atoms with Crippen molar-refractivity contribution in [2.24, 2.45) is 0 Å². The predicted molar refractivity (Wildman–Crippen MR) is 53.9 cm³/mol. The summed E-state index contributed by atoms with van der Waals surface area (Å²) in [5, 5.41) is 4.33. The highest BCUT2D eigenvalue weighted by atomic mass is 15.3. The van der Waals surface area contributed by atoms with Crippen LogP contribution in [0, 0.1) is 0 Å². The molecule has 2 rings (SSSR count). The molecule has 0 saturated heterocycles. The van der Waals surface area contributed by atoms with Gasteiger partial charge in [0, 0.05) is 20.3 Å². The first-order valence-corrected chi connectivity index (χ1v) is 4.10. The molecular weight excluding hydrogens is 164 g/mol. The van der Waals surface area contributed by atoms with Crippen LogP contribution in [0.15, 0.2) is 24.4 Å². The van der Waals surface area contributed by atoms with Crippen LogP contribution < -0.4 is 10.6 Å². The second-order valence-electron chi connectivity index (χ2n) is 3.16. The van der Waals surface area contributed by atoms with Crippen molar-refractivity contribution in [3.8, 4) is 0 Å². The van der Waals surface area contributed by atoms with Gasteiger partial charge in [0.1, 0.15) is 5.69 Å². The molecule has 2 aromatic heterocycles. The average Bonchev–Trinajstić information content (AvgIpc) is 2.45. The van der Waals surface area contributed by atoms with Gasteiger partial charge in [0.25, 0.3) is 0 Å². The molecule has 0 atom stereocenters. The van der Waals surface area contributed by atoms with Gasteiger partial charge in [-0.15, -0.1) is 5.10 Å². The smallest absolute Gasteiger partial charge is 0.174 e. The van der Waals surface area contributed by atoms with Crippen LogP contribution in [-0.2, 0) is 0 Å². The first kappa shape index (κ1) is 7.91. The first-order valence-electron chi connectivity index (χ1n) is 4.10. The fourth-order valence-electron chi connectivity index (χ4n) is 1.34. The molecule has 0 aromatic carbocycles. The highest BCUT2D eigenvalue weighted by molar-refractivity contribution is 5.80. The Morgan fingerprint density at radius 3 is 2.77 bits per heavy atom. The second kappa shape index (κ2) is 2.65. The largest absolute Gasteiger partial charge is 0.394 e. The Morgan fingerprint density at radius 1 is 1.38 bits per heavy atom. The molecule has 0 unspecified atom stereocenters. The van der Waals surface area contributed by atoms with E-state index in [1.807, 2.05) is 43.4 Å². The Bertz CT molecular complexity index is 430. The third-order valence-corrected chi connectivity index (χ3v) is 1.98. The molecule has 2 N–H and O–H groups in total. The SMILES string of the molecule is CN(C)c1nn2ccccc2c1N. The van der Waals surface area contributed by atoms with Gasteiger partial charge in [-0.3, -0.25) is 0 Å². The van der Waals surface area contributed by atoms with Crippen LogP contribution in [0.4, 0.5) is 11.5 Å². The van der Waals surface area contributed by atoms with Gasteiger partial charge >= 0.3 is 0 Å². The molecule has 2 aromatic rings. The summed E-state index contributed by atoms with van der Waals surface area (Å²) >= 11 is 0. The highest BCUT2D eigenvalue weighted by Gasteiger charge is 2.09. The van der Waals surface area contributed by atoms with Gasteiger partial charge in [-0.25, -0.2) is 4.52 Å². The van der Waals surface area contributed by atoms with Crippen LogP contribution in [0.25, 0.3) is 5.52 Å². The lowest BCUT2D eigenvalue weighted by atomic mass is 10.3. The van der Waals surface area contributed by atoms with Gasteiger partial charge in [0.05, 0.1) is 5.52 Å². The van der Waals surface area contributed by atoms with Crippen molar-refractivity contribution in [1.29, 1.82) is 0 Å². The molecule has 0 radical (unpaired) electrons. The Kier molecular flexibility index (Phi) is 1.62. The third-order valence-electron chi connectivity index (χ3n) is 1.98. The molecule has 0 amide bonds. The zero-order valence-corrected chi connectivity index (χ0v) is 7.73. The molecule has 4 nitrogen and oxygen atoms in total. The maximum atomic E-state index is 5.91. The lowest BCUT2D eigenvalue weighted by molar-refractivity contribution is 0.931. The van der Waals surface area contributed by atoms with Crippen molar-refractivity contribution in [1.82, 2.24) is 9.61 Å². The van der Waals surface area contributed by atoms with E-state index in [4.69, 9.17) is 5.73 Å². The number of anilines is 2. The molecule has 13 heavy (non-hydrogen) atoms. The van der Waals surface area contributed by atoms with Crippen LogP contribution in [0.5, 0.6) is 0 Å². The van der Waals surface area contributed by atoms with E-state index < -0.39 is 0 Å². The lowest BCUT2D eigenvalue weighted by Gasteiger charge is -2.07. The number of hydrogen-bond donors (Lipinski definition) is 1. The molecular formula is C9H12N4. The second-order valence-corrected chi connectivity index (χ2v) is 3.16. The minimum absolute atomic E-state index is 0.727. The lowest BCUT2D eigenvalue weighted by Crippen LogP contribution is -2.10. The van der Waals surface area contributed by atoms with Crippen LogP contribution in [0.2, 0.25) is 0 Å². The van der Waals surface area contributed by atoms with Crippen molar-refractivity contribution in [3.63, 3.8) is 0 Å². The van der Waals surface area contributed by atoms with E-state index in [9.17, 15) is 0 Å². The fraction of sp³-hybridized carbons (Fsp3) is 0.222. The minimum atomic E-state index is 0.727. The summed E-state index contributed by atoms with van der Waals surface area (Å²) in [6.45, 7) is 0. The van der Waals surface area contributed by atoms with Crippen molar-refractivity contribution in [2.45, 2.75) is 0 Å². The van der Waals surface area contributed by atoms with Crippen LogP contribution in [0.3, 0.4) is 0 Å². The number of rotatable bonds is 1. The maximum absolute atomic E-state index is 5.91. The molecule has 4 heteroatoms. The molecule has 0 aliphatic rings. The zero-order chi connectivity index (χ0) is 9.42. The third kappa shape index (κ3) is 1.11. The van der Waals surface area contributed by atoms with E-state index in [-0.39, 0.29) is 0 Å². The van der Waals surface area contributed by atoms with Crippen LogP contribution >= 0.6 is 0 Å².